The summed E-state index contributed by atoms with van der Waals surface area (Å²) in [5, 5.41) is 11.3. The summed E-state index contributed by atoms with van der Waals surface area (Å²) in [6, 6.07) is 2.42. The average molecular weight is 277 g/mol. The molecule has 0 fully saturated rings. The summed E-state index contributed by atoms with van der Waals surface area (Å²) in [7, 11) is 0. The van der Waals surface area contributed by atoms with Gasteiger partial charge in [0.15, 0.2) is 5.76 Å². The fourth-order valence-corrected chi connectivity index (χ4v) is 1.62. The maximum absolute atomic E-state index is 12.1. The number of hydrogen-bond acceptors (Lipinski definition) is 5. The largest absolute Gasteiger partial charge is 0.459 e. The van der Waals surface area contributed by atoms with Crippen molar-refractivity contribution >= 4 is 17.8 Å². The molecule has 2 rings (SSSR count). The number of carbonyl (C=O) groups is 2. The lowest BCUT2D eigenvalue weighted by Crippen LogP contribution is -2.47. The van der Waals surface area contributed by atoms with Crippen LogP contribution in [0.5, 0.6) is 0 Å². The summed E-state index contributed by atoms with van der Waals surface area (Å²) < 4.78 is 4.99. The van der Waals surface area contributed by atoms with Gasteiger partial charge in [0.05, 0.1) is 6.26 Å². The lowest BCUT2D eigenvalue weighted by molar-refractivity contribution is -0.118. The molecule has 2 heterocycles. The molecule has 0 radical (unpaired) electrons. The number of H-pyrrole nitrogens is 1. The Balaban J connectivity index is 2.03. The van der Waals surface area contributed by atoms with Crippen molar-refractivity contribution < 1.29 is 14.0 Å². The zero-order chi connectivity index (χ0) is 14.5. The molecule has 0 aromatic carbocycles. The highest BCUT2D eigenvalue weighted by molar-refractivity contribution is 5.99. The van der Waals surface area contributed by atoms with E-state index in [2.05, 4.69) is 25.8 Å². The third kappa shape index (κ3) is 3.22. The Kier molecular flexibility index (Phi) is 4.14. The predicted octanol–water partition coefficient (Wildman–Crippen LogP) is 0.791. The maximum Gasteiger partial charge on any atom is 0.287 e. The molecule has 2 aromatic rings. The minimum atomic E-state index is -0.710. The van der Waals surface area contributed by atoms with Gasteiger partial charge in [-0.15, -0.1) is 0 Å². The lowest BCUT2D eigenvalue weighted by atomic mass is 10.0. The highest BCUT2D eigenvalue weighted by Gasteiger charge is 2.26. The molecule has 2 aromatic heterocycles. The molecule has 20 heavy (non-hydrogen) atoms. The Bertz CT molecular complexity index is 562. The first-order valence-corrected chi connectivity index (χ1v) is 6.08. The van der Waals surface area contributed by atoms with Gasteiger partial charge in [0.2, 0.25) is 11.9 Å². The minimum absolute atomic E-state index is 0.100. The van der Waals surface area contributed by atoms with Crippen molar-refractivity contribution in [3.8, 4) is 0 Å². The molecule has 0 saturated heterocycles. The van der Waals surface area contributed by atoms with E-state index < -0.39 is 11.9 Å². The van der Waals surface area contributed by atoms with Gasteiger partial charge < -0.3 is 9.73 Å². The number of nitrogens with one attached hydrogen (secondary N) is 3. The summed E-state index contributed by atoms with van der Waals surface area (Å²) in [5.41, 5.74) is 0. The van der Waals surface area contributed by atoms with Gasteiger partial charge in [-0.25, -0.2) is 5.10 Å². The van der Waals surface area contributed by atoms with Gasteiger partial charge in [0, 0.05) is 0 Å². The van der Waals surface area contributed by atoms with Crippen LogP contribution in [-0.2, 0) is 4.79 Å². The van der Waals surface area contributed by atoms with Gasteiger partial charge in [-0.05, 0) is 18.1 Å². The van der Waals surface area contributed by atoms with Gasteiger partial charge in [-0.1, -0.05) is 13.8 Å². The predicted molar refractivity (Wildman–Crippen MR) is 69.8 cm³/mol. The van der Waals surface area contributed by atoms with E-state index in [0.717, 1.165) is 0 Å². The smallest absolute Gasteiger partial charge is 0.287 e. The van der Waals surface area contributed by atoms with Gasteiger partial charge in [-0.2, -0.15) is 10.1 Å². The van der Waals surface area contributed by atoms with Crippen LogP contribution in [0.4, 0.5) is 5.95 Å². The first kappa shape index (κ1) is 13.8. The highest BCUT2D eigenvalue weighted by atomic mass is 16.3. The van der Waals surface area contributed by atoms with Crippen LogP contribution in [0.3, 0.4) is 0 Å². The van der Waals surface area contributed by atoms with Crippen LogP contribution in [0.1, 0.15) is 24.4 Å². The normalized spacial score (nSPS) is 12.2. The first-order chi connectivity index (χ1) is 9.58. The van der Waals surface area contributed by atoms with E-state index >= 15 is 0 Å². The number of amides is 2. The van der Waals surface area contributed by atoms with Crippen molar-refractivity contribution in [1.82, 2.24) is 20.5 Å². The van der Waals surface area contributed by atoms with Crippen molar-refractivity contribution in [1.29, 1.82) is 0 Å². The topological polar surface area (TPSA) is 113 Å². The minimum Gasteiger partial charge on any atom is -0.459 e. The number of anilines is 1. The molecule has 0 saturated carbocycles. The number of aromatic amines is 1. The zero-order valence-electron chi connectivity index (χ0n) is 11.1. The maximum atomic E-state index is 12.1. The quantitative estimate of drug-likeness (QED) is 0.747. The van der Waals surface area contributed by atoms with Gasteiger partial charge >= 0.3 is 0 Å². The Morgan fingerprint density at radius 1 is 1.40 bits per heavy atom. The van der Waals surface area contributed by atoms with Gasteiger partial charge in [0.1, 0.15) is 12.4 Å². The van der Waals surface area contributed by atoms with Crippen LogP contribution in [0, 0.1) is 5.92 Å². The highest BCUT2D eigenvalue weighted by Crippen LogP contribution is 2.07. The van der Waals surface area contributed by atoms with E-state index in [4.69, 9.17) is 4.42 Å². The summed E-state index contributed by atoms with van der Waals surface area (Å²) in [6.45, 7) is 3.65. The molecule has 0 spiro atoms. The monoisotopic (exact) mass is 277 g/mol. The number of hydrogen-bond donors (Lipinski definition) is 3. The second kappa shape index (κ2) is 6.00. The summed E-state index contributed by atoms with van der Waals surface area (Å²) >= 11 is 0. The van der Waals surface area contributed by atoms with E-state index in [9.17, 15) is 9.59 Å². The SMILES string of the molecule is CC(C)C(NC(=O)c1ccco1)C(=O)Nc1ncn[nH]1. The molecule has 1 atom stereocenters. The summed E-state index contributed by atoms with van der Waals surface area (Å²) in [6.07, 6.45) is 2.68. The molecule has 0 aliphatic carbocycles. The Hall–Kier alpha value is -2.64. The molecule has 106 valence electrons. The fourth-order valence-electron chi connectivity index (χ4n) is 1.62. The molecule has 8 nitrogen and oxygen atoms in total. The molecule has 3 N–H and O–H groups in total. The van der Waals surface area contributed by atoms with Crippen LogP contribution in [0.15, 0.2) is 29.1 Å². The van der Waals surface area contributed by atoms with E-state index in [-0.39, 0.29) is 23.5 Å². The van der Waals surface area contributed by atoms with Crippen molar-refractivity contribution in [3.05, 3.63) is 30.5 Å². The van der Waals surface area contributed by atoms with Crippen LogP contribution in [0.2, 0.25) is 0 Å². The number of aromatic nitrogens is 3. The second-order valence-electron chi connectivity index (χ2n) is 4.50. The number of rotatable bonds is 5. The van der Waals surface area contributed by atoms with Crippen molar-refractivity contribution in [2.75, 3.05) is 5.32 Å². The molecule has 0 aliphatic heterocycles. The number of carbonyl (C=O) groups excluding carboxylic acids is 2. The first-order valence-electron chi connectivity index (χ1n) is 6.08. The van der Waals surface area contributed by atoms with Crippen molar-refractivity contribution in [2.45, 2.75) is 19.9 Å². The standard InChI is InChI=1S/C12H15N5O3/c1-7(2)9(11(19)16-12-13-6-14-17-12)15-10(18)8-4-3-5-20-8/h3-7,9H,1-2H3,(H,15,18)(H2,13,14,16,17,19). The Morgan fingerprint density at radius 3 is 2.75 bits per heavy atom. The second-order valence-corrected chi connectivity index (χ2v) is 4.50. The molecule has 0 aliphatic rings. The van der Waals surface area contributed by atoms with Crippen LogP contribution < -0.4 is 10.6 Å². The van der Waals surface area contributed by atoms with Gasteiger partial charge in [-0.3, -0.25) is 14.9 Å². The lowest BCUT2D eigenvalue weighted by Gasteiger charge is -2.20. The van der Waals surface area contributed by atoms with Crippen LogP contribution >= 0.6 is 0 Å². The molecule has 0 bridgehead atoms. The Morgan fingerprint density at radius 2 is 2.20 bits per heavy atom. The van der Waals surface area contributed by atoms with E-state index in [1.165, 1.54) is 18.7 Å². The van der Waals surface area contributed by atoms with Crippen LogP contribution in [0.25, 0.3) is 0 Å². The molecular formula is C12H15N5O3. The Labute approximate surface area is 115 Å². The van der Waals surface area contributed by atoms with E-state index in [1.807, 2.05) is 13.8 Å². The molecule has 2 amide bonds. The third-order valence-electron chi connectivity index (χ3n) is 2.64. The van der Waals surface area contributed by atoms with E-state index in [0.29, 0.717) is 0 Å². The van der Waals surface area contributed by atoms with Crippen molar-refractivity contribution in [2.24, 2.45) is 5.92 Å². The molecule has 1 unspecified atom stereocenters. The summed E-state index contributed by atoms with van der Waals surface area (Å²) in [5.74, 6) is -0.536. The third-order valence-corrected chi connectivity index (χ3v) is 2.64. The number of furan rings is 1. The molecule has 8 heteroatoms. The fraction of sp³-hybridized carbons (Fsp3) is 0.333. The van der Waals surface area contributed by atoms with Crippen molar-refractivity contribution in [3.63, 3.8) is 0 Å². The summed E-state index contributed by atoms with van der Waals surface area (Å²) in [4.78, 5) is 27.8. The van der Waals surface area contributed by atoms with Gasteiger partial charge in [0.25, 0.3) is 5.91 Å². The molecular weight excluding hydrogens is 262 g/mol. The van der Waals surface area contributed by atoms with E-state index in [1.54, 1.807) is 6.07 Å². The average Bonchev–Trinajstić information content (AvgIpc) is 3.07. The van der Waals surface area contributed by atoms with Crippen LogP contribution in [-0.4, -0.2) is 33.0 Å². The number of nitrogens with zero attached hydrogens (tertiary/aromatic N) is 2. The zero-order valence-corrected chi connectivity index (χ0v) is 11.1.